The fourth-order valence-corrected chi connectivity index (χ4v) is 5.35. The minimum atomic E-state index is -1.10. The molecule has 11 nitrogen and oxygen atoms in total. The number of ether oxygens (including phenoxy) is 3. The first-order chi connectivity index (χ1) is 21.1. The van der Waals surface area contributed by atoms with E-state index in [9.17, 15) is 24.0 Å². The van der Waals surface area contributed by atoms with Crippen LogP contribution in [0.2, 0.25) is 0 Å². The Morgan fingerprint density at radius 1 is 1.02 bits per heavy atom. The van der Waals surface area contributed by atoms with E-state index in [1.54, 1.807) is 43.5 Å². The van der Waals surface area contributed by atoms with Gasteiger partial charge in [-0.3, -0.25) is 19.2 Å². The monoisotopic (exact) mass is 605 g/mol. The fraction of sp³-hybridized carbons (Fsp3) is 0.424. The van der Waals surface area contributed by atoms with Crippen molar-refractivity contribution in [1.29, 1.82) is 0 Å². The van der Waals surface area contributed by atoms with Gasteiger partial charge in [-0.15, -0.1) is 0 Å². The molecule has 11 heteroatoms. The van der Waals surface area contributed by atoms with E-state index in [0.717, 1.165) is 16.5 Å². The van der Waals surface area contributed by atoms with Crippen LogP contribution in [0.1, 0.15) is 55.6 Å². The molecule has 0 bridgehead atoms. The summed E-state index contributed by atoms with van der Waals surface area (Å²) in [6.07, 6.45) is -0.163. The summed E-state index contributed by atoms with van der Waals surface area (Å²) in [4.78, 5) is 67.8. The summed E-state index contributed by atoms with van der Waals surface area (Å²) in [5, 5.41) is 6.26. The van der Waals surface area contributed by atoms with Crippen LogP contribution in [0.3, 0.4) is 0 Å². The van der Waals surface area contributed by atoms with Crippen molar-refractivity contribution in [3.63, 3.8) is 0 Å². The van der Waals surface area contributed by atoms with Crippen LogP contribution in [0, 0.1) is 17.8 Å². The number of benzene rings is 2. The number of fused-ring (bicyclic) bond motifs is 1. The van der Waals surface area contributed by atoms with E-state index < -0.39 is 42.3 Å². The molecule has 1 aliphatic heterocycles. The van der Waals surface area contributed by atoms with Gasteiger partial charge in [-0.25, -0.2) is 4.79 Å². The van der Waals surface area contributed by atoms with Crippen LogP contribution >= 0.6 is 0 Å². The van der Waals surface area contributed by atoms with Gasteiger partial charge in [0, 0.05) is 35.7 Å². The number of amides is 2. The maximum atomic E-state index is 13.6. The summed E-state index contributed by atoms with van der Waals surface area (Å²) in [5.41, 5.74) is 1.84. The second-order valence-electron chi connectivity index (χ2n) is 11.4. The largest absolute Gasteiger partial charge is 0.509 e. The molecule has 2 aromatic carbocycles. The van der Waals surface area contributed by atoms with Gasteiger partial charge in [-0.05, 0) is 48.9 Å². The second kappa shape index (κ2) is 15.2. The molecule has 4 rings (SSSR count). The third kappa shape index (κ3) is 8.68. The Morgan fingerprint density at radius 2 is 1.80 bits per heavy atom. The standard InChI is InChI=1S/C33H39N3O8/c1-20(2)14-23(16-28(37)27-17-24-25(35-27)10-7-11-30(24)42-3)32(40)36-26(15-22-12-13-34-31(22)39)29(38)19-44-33(41)43-18-21-8-5-4-6-9-21/h4-11,17,20,22-23,26,35H,12-16,18-19H2,1-3H3,(H,34,39)(H,36,40)/t22-,23+,26-/m0/s1. The van der Waals surface area contributed by atoms with Crippen LogP contribution in [-0.4, -0.2) is 60.8 Å². The second-order valence-corrected chi connectivity index (χ2v) is 11.4. The molecule has 0 radical (unpaired) electrons. The van der Waals surface area contributed by atoms with Gasteiger partial charge >= 0.3 is 6.16 Å². The van der Waals surface area contributed by atoms with Crippen molar-refractivity contribution >= 4 is 40.4 Å². The average Bonchev–Trinajstić information content (AvgIpc) is 3.64. The van der Waals surface area contributed by atoms with Gasteiger partial charge in [0.2, 0.25) is 11.8 Å². The number of Topliss-reactive ketones (excluding diaryl/α,β-unsaturated/α-hetero) is 2. The molecule has 44 heavy (non-hydrogen) atoms. The van der Waals surface area contributed by atoms with Crippen molar-refractivity contribution in [3.05, 3.63) is 65.9 Å². The first-order valence-electron chi connectivity index (χ1n) is 14.8. The highest BCUT2D eigenvalue weighted by Gasteiger charge is 2.34. The average molecular weight is 606 g/mol. The van der Waals surface area contributed by atoms with Crippen LogP contribution in [0.15, 0.2) is 54.6 Å². The Morgan fingerprint density at radius 3 is 2.48 bits per heavy atom. The van der Waals surface area contributed by atoms with Crippen molar-refractivity contribution in [3.8, 4) is 5.75 Å². The number of ketones is 2. The summed E-state index contributed by atoms with van der Waals surface area (Å²) in [6, 6.07) is 15.1. The van der Waals surface area contributed by atoms with Crippen molar-refractivity contribution in [2.45, 2.75) is 52.2 Å². The molecule has 3 atom stereocenters. The fourth-order valence-electron chi connectivity index (χ4n) is 5.35. The molecule has 1 fully saturated rings. The maximum absolute atomic E-state index is 13.6. The summed E-state index contributed by atoms with van der Waals surface area (Å²) >= 11 is 0. The van der Waals surface area contributed by atoms with Gasteiger partial charge in [-0.1, -0.05) is 50.2 Å². The molecule has 0 saturated carbocycles. The number of aromatic amines is 1. The van der Waals surface area contributed by atoms with Crippen molar-refractivity contribution in [1.82, 2.24) is 15.6 Å². The van der Waals surface area contributed by atoms with Crippen molar-refractivity contribution in [2.75, 3.05) is 20.3 Å². The minimum Gasteiger partial charge on any atom is -0.496 e. The normalized spacial score (nSPS) is 15.8. The number of rotatable bonds is 15. The van der Waals surface area contributed by atoms with E-state index in [4.69, 9.17) is 14.2 Å². The topological polar surface area (TPSA) is 153 Å². The summed E-state index contributed by atoms with van der Waals surface area (Å²) in [6.45, 7) is 3.69. The van der Waals surface area contributed by atoms with Crippen LogP contribution in [0.4, 0.5) is 4.79 Å². The maximum Gasteiger partial charge on any atom is 0.509 e. The van der Waals surface area contributed by atoms with E-state index >= 15 is 0 Å². The Kier molecular flexibility index (Phi) is 11.1. The summed E-state index contributed by atoms with van der Waals surface area (Å²) in [7, 11) is 1.55. The van der Waals surface area contributed by atoms with E-state index in [1.165, 1.54) is 0 Å². The summed E-state index contributed by atoms with van der Waals surface area (Å²) < 4.78 is 15.5. The van der Waals surface area contributed by atoms with Crippen LogP contribution < -0.4 is 15.4 Å². The number of H-pyrrole nitrogens is 1. The van der Waals surface area contributed by atoms with E-state index in [1.807, 2.05) is 32.0 Å². The molecule has 1 aromatic heterocycles. The molecule has 2 amide bonds. The van der Waals surface area contributed by atoms with Crippen molar-refractivity contribution in [2.24, 2.45) is 17.8 Å². The molecule has 3 N–H and O–H groups in total. The van der Waals surface area contributed by atoms with Gasteiger partial charge in [0.1, 0.15) is 12.4 Å². The highest BCUT2D eigenvalue weighted by atomic mass is 16.7. The van der Waals surface area contributed by atoms with Crippen LogP contribution in [0.5, 0.6) is 5.75 Å². The molecular formula is C33H39N3O8. The van der Waals surface area contributed by atoms with Gasteiger partial charge in [0.25, 0.3) is 0 Å². The van der Waals surface area contributed by atoms with Gasteiger partial charge in [0.05, 0.1) is 18.8 Å². The quantitative estimate of drug-likeness (QED) is 0.171. The number of aromatic nitrogens is 1. The highest BCUT2D eigenvalue weighted by molar-refractivity contribution is 6.02. The van der Waals surface area contributed by atoms with E-state index in [-0.39, 0.29) is 37.1 Å². The molecule has 0 aliphatic carbocycles. The highest BCUT2D eigenvalue weighted by Crippen LogP contribution is 2.28. The third-order valence-corrected chi connectivity index (χ3v) is 7.62. The molecular weight excluding hydrogens is 566 g/mol. The molecule has 0 unspecified atom stereocenters. The Balaban J connectivity index is 1.43. The number of carbonyl (C=O) groups is 5. The zero-order valence-electron chi connectivity index (χ0n) is 25.2. The molecule has 0 spiro atoms. The van der Waals surface area contributed by atoms with Gasteiger partial charge in [0.15, 0.2) is 18.2 Å². The first-order valence-corrected chi connectivity index (χ1v) is 14.8. The van der Waals surface area contributed by atoms with Gasteiger partial charge < -0.3 is 29.8 Å². The smallest absolute Gasteiger partial charge is 0.496 e. The number of nitrogens with one attached hydrogen (secondary N) is 3. The molecule has 3 aromatic rings. The lowest BCUT2D eigenvalue weighted by atomic mass is 9.89. The minimum absolute atomic E-state index is 0.0235. The molecule has 234 valence electrons. The predicted octanol–water partition coefficient (Wildman–Crippen LogP) is 4.35. The SMILES string of the molecule is COc1cccc2[nH]c(C(=O)C[C@@H](CC(C)C)C(=O)N[C@@H](C[C@@H]3CCNC3=O)C(=O)COC(=O)OCc3ccccc3)cc12. The zero-order chi connectivity index (χ0) is 31.6. The lowest BCUT2D eigenvalue weighted by Gasteiger charge is -2.24. The Bertz CT molecular complexity index is 1480. The number of methoxy groups -OCH3 is 1. The van der Waals surface area contributed by atoms with E-state index in [2.05, 4.69) is 15.6 Å². The summed E-state index contributed by atoms with van der Waals surface area (Å²) in [5.74, 6) is -2.04. The van der Waals surface area contributed by atoms with Gasteiger partial charge in [-0.2, -0.15) is 0 Å². The van der Waals surface area contributed by atoms with Crippen molar-refractivity contribution < 1.29 is 38.2 Å². The molecule has 2 heterocycles. The predicted molar refractivity (Wildman–Crippen MR) is 162 cm³/mol. The third-order valence-electron chi connectivity index (χ3n) is 7.62. The number of hydrogen-bond acceptors (Lipinski definition) is 8. The molecule has 1 saturated heterocycles. The Labute approximate surface area is 256 Å². The van der Waals surface area contributed by atoms with Crippen LogP contribution in [-0.2, 0) is 30.5 Å². The Hall–Kier alpha value is -4.67. The van der Waals surface area contributed by atoms with E-state index in [0.29, 0.717) is 30.8 Å². The number of hydrogen-bond donors (Lipinski definition) is 3. The lowest BCUT2D eigenvalue weighted by Crippen LogP contribution is -2.47. The zero-order valence-corrected chi connectivity index (χ0v) is 25.2. The van der Waals surface area contributed by atoms with Crippen LogP contribution in [0.25, 0.3) is 10.9 Å². The molecule has 1 aliphatic rings. The lowest BCUT2D eigenvalue weighted by molar-refractivity contribution is -0.133. The first kappa shape index (κ1) is 32.2. The number of carbonyl (C=O) groups excluding carboxylic acids is 5.